The molecule has 0 bridgehead atoms. The van der Waals surface area contributed by atoms with Crippen LogP contribution in [0, 0.1) is 0 Å². The molecule has 0 aliphatic rings. The third-order valence-corrected chi connectivity index (χ3v) is 4.77. The van der Waals surface area contributed by atoms with Crippen molar-refractivity contribution < 1.29 is 36.2 Å². The molecular formula is C21H16ClF5N2O3. The van der Waals surface area contributed by atoms with Gasteiger partial charge in [-0.2, -0.15) is 27.1 Å². The monoisotopic (exact) mass is 474 g/mol. The number of carbonyl (C=O) groups excluding carboxylic acids is 1. The van der Waals surface area contributed by atoms with E-state index in [0.717, 1.165) is 0 Å². The SMILES string of the molecule is COC(=O)c1cc(-c2ccccc2)n(-c2ccc(Cl)c(COCC(F)(F)C(F)(F)F)c2)n1. The van der Waals surface area contributed by atoms with Gasteiger partial charge in [-0.05, 0) is 29.8 Å². The largest absolute Gasteiger partial charge is 0.464 e. The van der Waals surface area contributed by atoms with Crippen molar-refractivity contribution in [2.75, 3.05) is 13.7 Å². The molecule has 3 aromatic rings. The van der Waals surface area contributed by atoms with Gasteiger partial charge in [-0.3, -0.25) is 0 Å². The lowest BCUT2D eigenvalue weighted by Crippen LogP contribution is -2.40. The first kappa shape index (κ1) is 23.7. The van der Waals surface area contributed by atoms with Crippen LogP contribution >= 0.6 is 11.6 Å². The predicted molar refractivity (Wildman–Crippen MR) is 106 cm³/mol. The summed E-state index contributed by atoms with van der Waals surface area (Å²) in [5, 5.41) is 4.34. The first-order valence-electron chi connectivity index (χ1n) is 9.08. The highest BCUT2D eigenvalue weighted by Crippen LogP contribution is 2.36. The number of methoxy groups -OCH3 is 1. The van der Waals surface area contributed by atoms with Crippen molar-refractivity contribution in [1.29, 1.82) is 0 Å². The van der Waals surface area contributed by atoms with Crippen LogP contribution in [0.3, 0.4) is 0 Å². The molecule has 32 heavy (non-hydrogen) atoms. The molecule has 5 nitrogen and oxygen atoms in total. The zero-order chi connectivity index (χ0) is 23.5. The molecule has 3 rings (SSSR count). The summed E-state index contributed by atoms with van der Waals surface area (Å²) in [5.74, 6) is -5.66. The molecule has 0 saturated carbocycles. The molecule has 0 unspecified atom stereocenters. The van der Waals surface area contributed by atoms with Gasteiger partial charge in [-0.15, -0.1) is 0 Å². The van der Waals surface area contributed by atoms with E-state index < -0.39 is 31.3 Å². The first-order chi connectivity index (χ1) is 15.0. The Bertz CT molecular complexity index is 1100. The van der Waals surface area contributed by atoms with E-state index in [1.54, 1.807) is 36.4 Å². The van der Waals surface area contributed by atoms with Crippen molar-refractivity contribution in [3.63, 3.8) is 0 Å². The van der Waals surface area contributed by atoms with Gasteiger partial charge in [0.15, 0.2) is 5.69 Å². The zero-order valence-corrected chi connectivity index (χ0v) is 17.3. The Hall–Kier alpha value is -2.98. The normalized spacial score (nSPS) is 12.1. The van der Waals surface area contributed by atoms with E-state index in [0.29, 0.717) is 16.9 Å². The van der Waals surface area contributed by atoms with E-state index >= 15 is 0 Å². The molecule has 0 saturated heterocycles. The number of nitrogens with zero attached hydrogens (tertiary/aromatic N) is 2. The maximum Gasteiger partial charge on any atom is 0.455 e. The van der Waals surface area contributed by atoms with E-state index in [1.165, 1.54) is 30.0 Å². The summed E-state index contributed by atoms with van der Waals surface area (Å²) in [4.78, 5) is 12.0. The van der Waals surface area contributed by atoms with E-state index in [1.807, 2.05) is 0 Å². The fourth-order valence-electron chi connectivity index (χ4n) is 2.77. The van der Waals surface area contributed by atoms with E-state index in [4.69, 9.17) is 16.3 Å². The van der Waals surface area contributed by atoms with Crippen LogP contribution in [-0.4, -0.2) is 41.6 Å². The fourth-order valence-corrected chi connectivity index (χ4v) is 2.94. The van der Waals surface area contributed by atoms with Crippen LogP contribution in [0.25, 0.3) is 16.9 Å². The minimum Gasteiger partial charge on any atom is -0.464 e. The van der Waals surface area contributed by atoms with E-state index in [2.05, 4.69) is 9.84 Å². The van der Waals surface area contributed by atoms with Gasteiger partial charge in [0.05, 0.1) is 25.1 Å². The van der Waals surface area contributed by atoms with Crippen molar-refractivity contribution in [2.24, 2.45) is 0 Å². The molecule has 170 valence electrons. The van der Waals surface area contributed by atoms with E-state index in [-0.39, 0.29) is 16.3 Å². The Kier molecular flexibility index (Phi) is 6.85. The van der Waals surface area contributed by atoms with Crippen LogP contribution in [0.2, 0.25) is 5.02 Å². The van der Waals surface area contributed by atoms with Crippen molar-refractivity contribution in [3.8, 4) is 16.9 Å². The lowest BCUT2D eigenvalue weighted by atomic mass is 10.1. The Balaban J connectivity index is 1.93. The molecule has 0 atom stereocenters. The predicted octanol–water partition coefficient (Wildman–Crippen LogP) is 5.69. The highest BCUT2D eigenvalue weighted by atomic mass is 35.5. The smallest absolute Gasteiger partial charge is 0.455 e. The minimum absolute atomic E-state index is 0.0175. The summed E-state index contributed by atoms with van der Waals surface area (Å²) >= 11 is 6.06. The number of benzene rings is 2. The molecule has 0 spiro atoms. The maximum absolute atomic E-state index is 13.1. The number of carbonyl (C=O) groups is 1. The molecule has 11 heteroatoms. The van der Waals surface area contributed by atoms with Crippen molar-refractivity contribution in [2.45, 2.75) is 18.7 Å². The van der Waals surface area contributed by atoms with Gasteiger partial charge in [0.2, 0.25) is 0 Å². The second kappa shape index (κ2) is 9.25. The average molecular weight is 475 g/mol. The number of hydrogen-bond acceptors (Lipinski definition) is 4. The van der Waals surface area contributed by atoms with Gasteiger partial charge in [-0.25, -0.2) is 9.48 Å². The molecule has 0 radical (unpaired) electrons. The maximum atomic E-state index is 13.1. The molecule has 1 heterocycles. The average Bonchev–Trinajstić information content (AvgIpc) is 3.20. The zero-order valence-electron chi connectivity index (χ0n) is 16.5. The summed E-state index contributed by atoms with van der Waals surface area (Å²) in [7, 11) is 1.21. The Morgan fingerprint density at radius 2 is 1.75 bits per heavy atom. The van der Waals surface area contributed by atoms with Gasteiger partial charge < -0.3 is 9.47 Å². The van der Waals surface area contributed by atoms with Crippen molar-refractivity contribution in [3.05, 3.63) is 70.9 Å². The summed E-state index contributed by atoms with van der Waals surface area (Å²) in [6.07, 6.45) is -5.72. The summed E-state index contributed by atoms with van der Waals surface area (Å²) < 4.78 is 73.9. The molecule has 0 fully saturated rings. The number of ether oxygens (including phenoxy) is 2. The summed E-state index contributed by atoms with van der Waals surface area (Å²) in [6.45, 7) is -2.44. The summed E-state index contributed by atoms with van der Waals surface area (Å²) in [5.41, 5.74) is 1.79. The van der Waals surface area contributed by atoms with Gasteiger partial charge in [-0.1, -0.05) is 41.9 Å². The second-order valence-electron chi connectivity index (χ2n) is 6.65. The van der Waals surface area contributed by atoms with Gasteiger partial charge in [0.1, 0.15) is 6.61 Å². The fraction of sp³-hybridized carbons (Fsp3) is 0.238. The van der Waals surface area contributed by atoms with Crippen LogP contribution in [0.1, 0.15) is 16.1 Å². The number of esters is 1. The van der Waals surface area contributed by atoms with Crippen LogP contribution in [0.15, 0.2) is 54.6 Å². The summed E-state index contributed by atoms with van der Waals surface area (Å²) in [6, 6.07) is 14.9. The first-order valence-corrected chi connectivity index (χ1v) is 9.46. The standard InChI is InChI=1S/C21H16ClF5N2O3/c1-31-19(30)17-10-18(13-5-3-2-4-6-13)29(28-17)15-7-8-16(22)14(9-15)11-32-12-20(23,24)21(25,26)27/h2-10H,11-12H2,1H3. The van der Waals surface area contributed by atoms with Crippen molar-refractivity contribution in [1.82, 2.24) is 9.78 Å². The van der Waals surface area contributed by atoms with Crippen LogP contribution < -0.4 is 0 Å². The van der Waals surface area contributed by atoms with Crippen LogP contribution in [-0.2, 0) is 16.1 Å². The minimum atomic E-state index is -5.72. The van der Waals surface area contributed by atoms with Crippen LogP contribution in [0.4, 0.5) is 22.0 Å². The molecule has 0 amide bonds. The molecule has 1 aromatic heterocycles. The number of halogens is 6. The van der Waals surface area contributed by atoms with Crippen molar-refractivity contribution >= 4 is 17.6 Å². The van der Waals surface area contributed by atoms with Gasteiger partial charge in [0, 0.05) is 10.6 Å². The Morgan fingerprint density at radius 3 is 2.38 bits per heavy atom. The number of rotatable bonds is 7. The highest BCUT2D eigenvalue weighted by Gasteiger charge is 2.57. The number of hydrogen-bond donors (Lipinski definition) is 0. The quantitative estimate of drug-likeness (QED) is 0.326. The second-order valence-corrected chi connectivity index (χ2v) is 7.06. The number of alkyl halides is 5. The Morgan fingerprint density at radius 1 is 1.06 bits per heavy atom. The lowest BCUT2D eigenvalue weighted by Gasteiger charge is -2.19. The number of aromatic nitrogens is 2. The van der Waals surface area contributed by atoms with E-state index in [9.17, 15) is 26.7 Å². The highest BCUT2D eigenvalue weighted by molar-refractivity contribution is 6.31. The molecule has 0 aliphatic carbocycles. The Labute approximate surface area is 184 Å². The van der Waals surface area contributed by atoms with Gasteiger partial charge in [0.25, 0.3) is 0 Å². The lowest BCUT2D eigenvalue weighted by molar-refractivity contribution is -0.297. The topological polar surface area (TPSA) is 53.4 Å². The third kappa shape index (κ3) is 5.08. The molecule has 2 aromatic carbocycles. The van der Waals surface area contributed by atoms with Gasteiger partial charge >= 0.3 is 18.1 Å². The van der Waals surface area contributed by atoms with Crippen LogP contribution in [0.5, 0.6) is 0 Å². The molecule has 0 N–H and O–H groups in total. The molecular weight excluding hydrogens is 459 g/mol. The molecule has 0 aliphatic heterocycles. The third-order valence-electron chi connectivity index (χ3n) is 4.40.